The Balaban J connectivity index is 0.00000256. The Labute approximate surface area is 101 Å². The van der Waals surface area contributed by atoms with Crippen molar-refractivity contribution in [2.24, 2.45) is 0 Å². The van der Waals surface area contributed by atoms with Gasteiger partial charge in [0.1, 0.15) is 6.54 Å². The molecule has 5 nitrogen and oxygen atoms in total. The molecule has 0 unspecified atom stereocenters. The summed E-state index contributed by atoms with van der Waals surface area (Å²) in [6.45, 7) is 4.40. The number of aromatic nitrogens is 1. The Morgan fingerprint density at radius 2 is 1.88 bits per heavy atom. The number of aryl methyl sites for hydroxylation is 1. The topological polar surface area (TPSA) is 88.2 Å². The average molecular weight is 259 g/mol. The number of hydrogen-bond acceptors (Lipinski definition) is 3. The molecule has 0 saturated heterocycles. The van der Waals surface area contributed by atoms with Gasteiger partial charge in [-0.25, -0.2) is 4.57 Å². The van der Waals surface area contributed by atoms with Crippen molar-refractivity contribution in [3.8, 4) is 0 Å². The van der Waals surface area contributed by atoms with Crippen LogP contribution in [-0.4, -0.2) is 24.2 Å². The number of rotatable bonds is 6. The predicted molar refractivity (Wildman–Crippen MR) is 64.3 cm³/mol. The molecule has 0 atom stereocenters. The Morgan fingerprint density at radius 3 is 2.35 bits per heavy atom. The first-order valence-electron chi connectivity index (χ1n) is 5.08. The maximum atomic E-state index is 10.5. The van der Waals surface area contributed by atoms with Crippen molar-refractivity contribution in [2.75, 3.05) is 5.75 Å². The van der Waals surface area contributed by atoms with E-state index in [0.717, 1.165) is 18.5 Å². The Morgan fingerprint density at radius 1 is 1.29 bits per heavy atom. The minimum absolute atomic E-state index is 0. The van der Waals surface area contributed by atoms with Gasteiger partial charge in [0.2, 0.25) is 0 Å². The van der Waals surface area contributed by atoms with Crippen LogP contribution in [0.25, 0.3) is 6.08 Å². The van der Waals surface area contributed by atoms with Crippen molar-refractivity contribution in [1.82, 2.24) is 0 Å². The van der Waals surface area contributed by atoms with Crippen LogP contribution in [0.4, 0.5) is 0 Å². The third-order valence-electron chi connectivity index (χ3n) is 2.22. The molecule has 96 valence electrons. The molecule has 1 aromatic heterocycles. The van der Waals surface area contributed by atoms with Crippen LogP contribution >= 0.6 is 0 Å². The van der Waals surface area contributed by atoms with Gasteiger partial charge in [-0.1, -0.05) is 12.7 Å². The van der Waals surface area contributed by atoms with Gasteiger partial charge >= 0.3 is 0 Å². The molecule has 0 saturated carbocycles. The van der Waals surface area contributed by atoms with Crippen molar-refractivity contribution in [3.63, 3.8) is 0 Å². The van der Waals surface area contributed by atoms with Gasteiger partial charge < -0.3 is 5.48 Å². The highest BCUT2D eigenvalue weighted by Crippen LogP contribution is 1.97. The van der Waals surface area contributed by atoms with Crippen LogP contribution in [-0.2, 0) is 16.7 Å². The van der Waals surface area contributed by atoms with E-state index in [1.807, 2.05) is 29.1 Å². The molecular weight excluding hydrogens is 242 g/mol. The molecule has 17 heavy (non-hydrogen) atoms. The van der Waals surface area contributed by atoms with E-state index in [1.165, 1.54) is 0 Å². The van der Waals surface area contributed by atoms with Gasteiger partial charge in [0, 0.05) is 18.6 Å². The molecule has 0 aliphatic heterocycles. The van der Waals surface area contributed by atoms with E-state index in [4.69, 9.17) is 4.55 Å². The Bertz CT molecular complexity index is 439. The maximum Gasteiger partial charge on any atom is 0.264 e. The van der Waals surface area contributed by atoms with E-state index >= 15 is 0 Å². The third-order valence-corrected chi connectivity index (χ3v) is 3.03. The molecule has 0 fully saturated rings. The standard InChI is InChI=1S/C11H15NO3S.H2O/c1-2-11-5-8-12(9-6-11)7-3-4-10-16(13,14)15;/h2,5-6,8-9H,1,3-4,7,10H2;1H2. The van der Waals surface area contributed by atoms with Gasteiger partial charge in [-0.05, 0) is 12.0 Å². The quantitative estimate of drug-likeness (QED) is 0.471. The zero-order chi connectivity index (χ0) is 12.0. The Kier molecular flexibility index (Phi) is 6.64. The molecule has 0 bridgehead atoms. The zero-order valence-corrected chi connectivity index (χ0v) is 10.3. The summed E-state index contributed by atoms with van der Waals surface area (Å²) in [7, 11) is -3.81. The fraction of sp³-hybridized carbons (Fsp3) is 0.364. The minimum atomic E-state index is -3.81. The molecule has 6 heteroatoms. The summed E-state index contributed by atoms with van der Waals surface area (Å²) in [4.78, 5) is 0. The first kappa shape index (κ1) is 15.8. The molecule has 1 rings (SSSR count). The molecule has 0 spiro atoms. The second-order valence-electron chi connectivity index (χ2n) is 3.57. The van der Waals surface area contributed by atoms with E-state index in [1.54, 1.807) is 6.08 Å². The van der Waals surface area contributed by atoms with E-state index in [9.17, 15) is 8.42 Å². The van der Waals surface area contributed by atoms with E-state index < -0.39 is 10.1 Å². The monoisotopic (exact) mass is 259 g/mol. The van der Waals surface area contributed by atoms with Crippen molar-refractivity contribution in [3.05, 3.63) is 36.7 Å². The molecule has 2 N–H and O–H groups in total. The van der Waals surface area contributed by atoms with Gasteiger partial charge in [-0.15, -0.1) is 0 Å². The van der Waals surface area contributed by atoms with Gasteiger partial charge in [-0.2, -0.15) is 8.42 Å². The fourth-order valence-corrected chi connectivity index (χ4v) is 1.90. The first-order chi connectivity index (χ1) is 7.51. The van der Waals surface area contributed by atoms with E-state index in [-0.39, 0.29) is 11.2 Å². The second kappa shape index (κ2) is 7.16. The van der Waals surface area contributed by atoms with Crippen molar-refractivity contribution < 1.29 is 23.0 Å². The van der Waals surface area contributed by atoms with Crippen LogP contribution in [0.15, 0.2) is 31.1 Å². The minimum Gasteiger partial charge on any atom is -0.870 e. The lowest BCUT2D eigenvalue weighted by Gasteiger charge is -1.97. The normalized spacial score (nSPS) is 10.6. The summed E-state index contributed by atoms with van der Waals surface area (Å²) in [5.41, 5.74) is 1.05. The average Bonchev–Trinajstić information content (AvgIpc) is 2.24. The summed E-state index contributed by atoms with van der Waals surface area (Å²) >= 11 is 0. The molecule has 0 amide bonds. The summed E-state index contributed by atoms with van der Waals surface area (Å²) in [6, 6.07) is 3.88. The van der Waals surface area contributed by atoms with Crippen LogP contribution in [0.1, 0.15) is 18.4 Å². The van der Waals surface area contributed by atoms with Gasteiger partial charge in [-0.3, -0.25) is 4.55 Å². The molecule has 0 aromatic carbocycles. The van der Waals surface area contributed by atoms with Crippen molar-refractivity contribution >= 4 is 16.2 Å². The van der Waals surface area contributed by atoms with Crippen LogP contribution in [0.3, 0.4) is 0 Å². The molecular formula is C11H17NO4S. The van der Waals surface area contributed by atoms with Gasteiger partial charge in [0.25, 0.3) is 10.1 Å². The fourth-order valence-electron chi connectivity index (χ4n) is 1.33. The number of nitrogens with zero attached hydrogens (tertiary/aromatic N) is 1. The maximum absolute atomic E-state index is 10.5. The second-order valence-corrected chi connectivity index (χ2v) is 5.14. The van der Waals surface area contributed by atoms with Crippen molar-refractivity contribution in [2.45, 2.75) is 19.4 Å². The van der Waals surface area contributed by atoms with Gasteiger partial charge in [0.15, 0.2) is 12.4 Å². The number of hydrogen-bond donors (Lipinski definition) is 1. The number of unbranched alkanes of at least 4 members (excludes halogenated alkanes) is 1. The highest BCUT2D eigenvalue weighted by Gasteiger charge is 2.05. The highest BCUT2D eigenvalue weighted by molar-refractivity contribution is 7.85. The van der Waals surface area contributed by atoms with E-state index in [0.29, 0.717) is 6.42 Å². The van der Waals surface area contributed by atoms with Crippen molar-refractivity contribution in [1.29, 1.82) is 0 Å². The first-order valence-corrected chi connectivity index (χ1v) is 6.69. The summed E-state index contributed by atoms with van der Waals surface area (Å²) in [5.74, 6) is -0.168. The Hall–Kier alpha value is -1.24. The van der Waals surface area contributed by atoms with Crippen LogP contribution in [0.2, 0.25) is 0 Å². The lowest BCUT2D eigenvalue weighted by Crippen LogP contribution is -2.32. The van der Waals surface area contributed by atoms with Crippen LogP contribution < -0.4 is 4.57 Å². The van der Waals surface area contributed by atoms with Gasteiger partial charge in [0.05, 0.1) is 5.75 Å². The summed E-state index contributed by atoms with van der Waals surface area (Å²) < 4.78 is 31.4. The molecule has 0 aliphatic rings. The predicted octanol–water partition coefficient (Wildman–Crippen LogP) is 1.11. The SMILES string of the molecule is C=Cc1cc[n+](CCCCS(=O)(=O)O)cc1.[OH-]. The number of pyridine rings is 1. The smallest absolute Gasteiger partial charge is 0.264 e. The third kappa shape index (κ3) is 6.83. The zero-order valence-electron chi connectivity index (χ0n) is 9.49. The molecule has 1 heterocycles. The highest BCUT2D eigenvalue weighted by atomic mass is 32.2. The lowest BCUT2D eigenvalue weighted by molar-refractivity contribution is -0.697. The molecule has 0 aliphatic carbocycles. The van der Waals surface area contributed by atoms with Crippen LogP contribution in [0.5, 0.6) is 0 Å². The largest absolute Gasteiger partial charge is 0.870 e. The molecule has 0 radical (unpaired) electrons. The lowest BCUT2D eigenvalue weighted by atomic mass is 10.2. The summed E-state index contributed by atoms with van der Waals surface area (Å²) in [5, 5.41) is 0. The van der Waals surface area contributed by atoms with Crippen LogP contribution in [0, 0.1) is 0 Å². The van der Waals surface area contributed by atoms with E-state index in [2.05, 4.69) is 6.58 Å². The molecule has 1 aromatic rings. The summed E-state index contributed by atoms with van der Waals surface area (Å²) in [6.07, 6.45) is 6.80.